The Hall–Kier alpha value is -0.970. The van der Waals surface area contributed by atoms with Gasteiger partial charge in [0, 0.05) is 12.6 Å². The molecule has 0 saturated carbocycles. The molecule has 90 valence electrons. The van der Waals surface area contributed by atoms with Crippen molar-refractivity contribution in [2.45, 2.75) is 19.4 Å². The molecule has 4 heteroatoms. The van der Waals surface area contributed by atoms with E-state index in [2.05, 4.69) is 10.3 Å². The van der Waals surface area contributed by atoms with Crippen molar-refractivity contribution in [2.75, 3.05) is 20.6 Å². The Morgan fingerprint density at radius 3 is 2.62 bits per heavy atom. The van der Waals surface area contributed by atoms with Crippen LogP contribution in [0.25, 0.3) is 0 Å². The first kappa shape index (κ1) is 13.1. The van der Waals surface area contributed by atoms with Crippen molar-refractivity contribution >= 4 is 0 Å². The van der Waals surface area contributed by atoms with Gasteiger partial charge in [0.05, 0.1) is 0 Å². The monoisotopic (exact) mass is 225 g/mol. The molecule has 0 heterocycles. The van der Waals surface area contributed by atoms with E-state index in [1.165, 1.54) is 6.07 Å². The number of benzene rings is 1. The second-order valence-electron chi connectivity index (χ2n) is 4.40. The van der Waals surface area contributed by atoms with Crippen molar-refractivity contribution in [1.29, 1.82) is 0 Å². The minimum Gasteiger partial charge on any atom is -0.308 e. The van der Waals surface area contributed by atoms with Gasteiger partial charge in [-0.3, -0.25) is 11.3 Å². The Balaban J connectivity index is 2.70. The molecule has 1 rings (SSSR count). The molecular weight excluding hydrogens is 205 g/mol. The van der Waals surface area contributed by atoms with Crippen LogP contribution in [0.4, 0.5) is 4.39 Å². The molecule has 0 amide bonds. The SMILES string of the molecule is Cc1cc(F)ccc1CC(CN(C)C)NN. The van der Waals surface area contributed by atoms with Crippen LogP contribution in [-0.4, -0.2) is 31.6 Å². The zero-order chi connectivity index (χ0) is 12.1. The molecule has 0 spiro atoms. The molecule has 1 atom stereocenters. The molecule has 0 aliphatic rings. The number of nitrogens with two attached hydrogens (primary N) is 1. The third-order valence-electron chi connectivity index (χ3n) is 2.59. The first-order chi connectivity index (χ1) is 7.52. The molecular formula is C12H20FN3. The number of nitrogens with one attached hydrogen (secondary N) is 1. The molecule has 1 aromatic carbocycles. The van der Waals surface area contributed by atoms with Crippen LogP contribution in [0, 0.1) is 12.7 Å². The predicted molar refractivity (Wildman–Crippen MR) is 64.5 cm³/mol. The normalized spacial score (nSPS) is 13.1. The van der Waals surface area contributed by atoms with E-state index in [0.717, 1.165) is 24.1 Å². The Labute approximate surface area is 96.4 Å². The number of rotatable bonds is 5. The van der Waals surface area contributed by atoms with Gasteiger partial charge in [0.15, 0.2) is 0 Å². The van der Waals surface area contributed by atoms with Crippen LogP contribution < -0.4 is 11.3 Å². The summed E-state index contributed by atoms with van der Waals surface area (Å²) in [5.41, 5.74) is 4.89. The molecule has 0 fully saturated rings. The fourth-order valence-corrected chi connectivity index (χ4v) is 1.77. The van der Waals surface area contributed by atoms with Gasteiger partial charge in [-0.2, -0.15) is 0 Å². The van der Waals surface area contributed by atoms with Crippen LogP contribution in [0.1, 0.15) is 11.1 Å². The van der Waals surface area contributed by atoms with E-state index >= 15 is 0 Å². The largest absolute Gasteiger partial charge is 0.308 e. The van der Waals surface area contributed by atoms with Gasteiger partial charge in [-0.15, -0.1) is 0 Å². The van der Waals surface area contributed by atoms with Gasteiger partial charge >= 0.3 is 0 Å². The third-order valence-corrected chi connectivity index (χ3v) is 2.59. The van der Waals surface area contributed by atoms with Crippen molar-refractivity contribution in [3.63, 3.8) is 0 Å². The molecule has 16 heavy (non-hydrogen) atoms. The average molecular weight is 225 g/mol. The van der Waals surface area contributed by atoms with E-state index < -0.39 is 0 Å². The van der Waals surface area contributed by atoms with Gasteiger partial charge in [0.2, 0.25) is 0 Å². The lowest BCUT2D eigenvalue weighted by atomic mass is 10.0. The fraction of sp³-hybridized carbons (Fsp3) is 0.500. The van der Waals surface area contributed by atoms with E-state index in [9.17, 15) is 4.39 Å². The summed E-state index contributed by atoms with van der Waals surface area (Å²) in [5.74, 6) is 5.31. The van der Waals surface area contributed by atoms with Gasteiger partial charge in [-0.1, -0.05) is 6.07 Å². The van der Waals surface area contributed by atoms with Gasteiger partial charge in [-0.05, 0) is 50.7 Å². The number of aryl methyl sites for hydroxylation is 1. The third kappa shape index (κ3) is 3.89. The second kappa shape index (κ2) is 5.94. The smallest absolute Gasteiger partial charge is 0.123 e. The highest BCUT2D eigenvalue weighted by Gasteiger charge is 2.10. The predicted octanol–water partition coefficient (Wildman–Crippen LogP) is 1.07. The average Bonchev–Trinajstić information content (AvgIpc) is 2.20. The Bertz CT molecular complexity index is 339. The van der Waals surface area contributed by atoms with E-state index in [-0.39, 0.29) is 11.9 Å². The second-order valence-corrected chi connectivity index (χ2v) is 4.40. The van der Waals surface area contributed by atoms with Crippen molar-refractivity contribution in [3.8, 4) is 0 Å². The first-order valence-electron chi connectivity index (χ1n) is 5.39. The first-order valence-corrected chi connectivity index (χ1v) is 5.39. The van der Waals surface area contributed by atoms with Crippen LogP contribution in [0.2, 0.25) is 0 Å². The highest BCUT2D eigenvalue weighted by molar-refractivity contribution is 5.27. The maximum Gasteiger partial charge on any atom is 0.123 e. The van der Waals surface area contributed by atoms with Crippen LogP contribution >= 0.6 is 0 Å². The summed E-state index contributed by atoms with van der Waals surface area (Å²) in [6.07, 6.45) is 0.806. The number of halogens is 1. The number of hydrogen-bond donors (Lipinski definition) is 2. The lowest BCUT2D eigenvalue weighted by molar-refractivity contribution is 0.338. The summed E-state index contributed by atoms with van der Waals surface area (Å²) < 4.78 is 12.9. The molecule has 0 bridgehead atoms. The van der Waals surface area contributed by atoms with Gasteiger partial charge in [-0.25, -0.2) is 4.39 Å². The Kier molecular flexibility index (Phi) is 4.86. The van der Waals surface area contributed by atoms with Gasteiger partial charge in [0.25, 0.3) is 0 Å². The summed E-state index contributed by atoms with van der Waals surface area (Å²) in [6.45, 7) is 2.77. The molecule has 1 unspecified atom stereocenters. The molecule has 1 aromatic rings. The number of nitrogens with zero attached hydrogens (tertiary/aromatic N) is 1. The Morgan fingerprint density at radius 2 is 2.12 bits per heavy atom. The number of hydrazine groups is 1. The molecule has 0 radical (unpaired) electrons. The van der Waals surface area contributed by atoms with Crippen LogP contribution in [0.5, 0.6) is 0 Å². The fourth-order valence-electron chi connectivity index (χ4n) is 1.77. The van der Waals surface area contributed by atoms with Crippen molar-refractivity contribution in [3.05, 3.63) is 35.1 Å². The zero-order valence-corrected chi connectivity index (χ0v) is 10.1. The summed E-state index contributed by atoms with van der Waals surface area (Å²) >= 11 is 0. The summed E-state index contributed by atoms with van der Waals surface area (Å²) in [4.78, 5) is 2.07. The van der Waals surface area contributed by atoms with E-state index in [1.54, 1.807) is 6.07 Å². The summed E-state index contributed by atoms with van der Waals surface area (Å²) in [5, 5.41) is 0. The van der Waals surface area contributed by atoms with Gasteiger partial charge < -0.3 is 4.90 Å². The number of hydrogen-bond acceptors (Lipinski definition) is 3. The van der Waals surface area contributed by atoms with E-state index in [0.29, 0.717) is 0 Å². The maximum absolute atomic E-state index is 12.9. The van der Waals surface area contributed by atoms with Crippen molar-refractivity contribution < 1.29 is 4.39 Å². The Morgan fingerprint density at radius 1 is 1.44 bits per heavy atom. The standard InChI is InChI=1S/C12H20FN3/c1-9-6-11(13)5-4-10(9)7-12(15-14)8-16(2)3/h4-6,12,15H,7-8,14H2,1-3H3. The lowest BCUT2D eigenvalue weighted by Crippen LogP contribution is -2.43. The molecule has 3 nitrogen and oxygen atoms in total. The molecule has 0 saturated heterocycles. The summed E-state index contributed by atoms with van der Waals surface area (Å²) in [6, 6.07) is 5.05. The molecule has 0 aliphatic carbocycles. The number of likely N-dealkylation sites (N-methyl/N-ethyl adjacent to an activating group) is 1. The highest BCUT2D eigenvalue weighted by atomic mass is 19.1. The molecule has 0 aliphatic heterocycles. The van der Waals surface area contributed by atoms with Gasteiger partial charge in [0.1, 0.15) is 5.82 Å². The molecule has 3 N–H and O–H groups in total. The zero-order valence-electron chi connectivity index (χ0n) is 10.1. The minimum atomic E-state index is -0.189. The minimum absolute atomic E-state index is 0.180. The van der Waals surface area contributed by atoms with E-state index in [4.69, 9.17) is 5.84 Å². The van der Waals surface area contributed by atoms with Crippen molar-refractivity contribution in [1.82, 2.24) is 10.3 Å². The van der Waals surface area contributed by atoms with Crippen LogP contribution in [0.15, 0.2) is 18.2 Å². The quantitative estimate of drug-likeness (QED) is 0.582. The lowest BCUT2D eigenvalue weighted by Gasteiger charge is -2.21. The molecule has 0 aromatic heterocycles. The topological polar surface area (TPSA) is 41.3 Å². The summed E-state index contributed by atoms with van der Waals surface area (Å²) in [7, 11) is 4.00. The van der Waals surface area contributed by atoms with E-state index in [1.807, 2.05) is 27.1 Å². The van der Waals surface area contributed by atoms with Crippen molar-refractivity contribution in [2.24, 2.45) is 5.84 Å². The highest BCUT2D eigenvalue weighted by Crippen LogP contribution is 2.12. The van der Waals surface area contributed by atoms with Crippen LogP contribution in [-0.2, 0) is 6.42 Å². The maximum atomic E-state index is 12.9. The van der Waals surface area contributed by atoms with Crippen LogP contribution in [0.3, 0.4) is 0 Å².